The van der Waals surface area contributed by atoms with Gasteiger partial charge in [0.05, 0.1) is 0 Å². The Bertz CT molecular complexity index is 486. The van der Waals surface area contributed by atoms with Crippen LogP contribution in [-0.4, -0.2) is 40.5 Å². The third-order valence-corrected chi connectivity index (χ3v) is 5.21. The van der Waals surface area contributed by atoms with Gasteiger partial charge in [0.2, 0.25) is 5.95 Å². The molecule has 2 saturated heterocycles. The highest BCUT2D eigenvalue weighted by atomic mass is 15.2. The average Bonchev–Trinajstić information content (AvgIpc) is 2.66. The van der Waals surface area contributed by atoms with Gasteiger partial charge in [-0.25, -0.2) is 9.97 Å². The number of anilines is 1. The smallest absolute Gasteiger partial charge is 0.223 e. The number of aryl methyl sites for hydroxylation is 1. The van der Waals surface area contributed by atoms with Crippen molar-refractivity contribution in [3.05, 3.63) is 17.5 Å². The van der Waals surface area contributed by atoms with E-state index in [1.807, 2.05) is 0 Å². The van der Waals surface area contributed by atoms with Gasteiger partial charge in [0.25, 0.3) is 0 Å². The van der Waals surface area contributed by atoms with E-state index in [4.69, 9.17) is 0 Å². The minimum Gasteiger partial charge on any atom is -0.354 e. The first kappa shape index (κ1) is 14.8. The molecule has 116 valence electrons. The lowest BCUT2D eigenvalue weighted by Gasteiger charge is -2.36. The van der Waals surface area contributed by atoms with Gasteiger partial charge in [0.1, 0.15) is 0 Å². The molecule has 2 aliphatic heterocycles. The van der Waals surface area contributed by atoms with Gasteiger partial charge in [0, 0.05) is 30.0 Å². The zero-order valence-corrected chi connectivity index (χ0v) is 13.8. The Morgan fingerprint density at radius 1 is 1.24 bits per heavy atom. The van der Waals surface area contributed by atoms with E-state index in [9.17, 15) is 0 Å². The maximum Gasteiger partial charge on any atom is 0.223 e. The van der Waals surface area contributed by atoms with Crippen molar-refractivity contribution in [2.75, 3.05) is 18.9 Å². The summed E-state index contributed by atoms with van der Waals surface area (Å²) in [5.41, 5.74) is 2.19. The predicted molar refractivity (Wildman–Crippen MR) is 86.6 cm³/mol. The minimum absolute atomic E-state index is 0.450. The first-order valence-electron chi connectivity index (χ1n) is 8.34. The van der Waals surface area contributed by atoms with Crippen molar-refractivity contribution in [2.24, 2.45) is 5.92 Å². The molecule has 0 saturated carbocycles. The molecule has 21 heavy (non-hydrogen) atoms. The fourth-order valence-corrected chi connectivity index (χ4v) is 3.89. The number of hydrogen-bond donors (Lipinski definition) is 1. The van der Waals surface area contributed by atoms with Gasteiger partial charge in [-0.15, -0.1) is 0 Å². The molecule has 1 aromatic heterocycles. The number of piperidine rings is 1. The number of aromatic nitrogens is 2. The third kappa shape index (κ3) is 3.20. The Hall–Kier alpha value is -1.16. The van der Waals surface area contributed by atoms with Gasteiger partial charge in [-0.2, -0.15) is 0 Å². The van der Waals surface area contributed by atoms with Crippen LogP contribution >= 0.6 is 0 Å². The van der Waals surface area contributed by atoms with E-state index < -0.39 is 0 Å². The highest BCUT2D eigenvalue weighted by Gasteiger charge is 2.38. The molecule has 0 amide bonds. The summed E-state index contributed by atoms with van der Waals surface area (Å²) in [5.74, 6) is 2.03. The summed E-state index contributed by atoms with van der Waals surface area (Å²) in [6, 6.07) is 3.70. The molecule has 0 spiro atoms. The maximum absolute atomic E-state index is 4.65. The summed E-state index contributed by atoms with van der Waals surface area (Å²) >= 11 is 0. The lowest BCUT2D eigenvalue weighted by molar-refractivity contribution is 0.139. The zero-order chi connectivity index (χ0) is 15.0. The molecule has 0 aromatic carbocycles. The highest BCUT2D eigenvalue weighted by molar-refractivity contribution is 5.29. The van der Waals surface area contributed by atoms with E-state index in [1.54, 1.807) is 0 Å². The molecule has 3 heterocycles. The van der Waals surface area contributed by atoms with Crippen molar-refractivity contribution < 1.29 is 0 Å². The quantitative estimate of drug-likeness (QED) is 0.924. The monoisotopic (exact) mass is 288 g/mol. The molecule has 4 heteroatoms. The van der Waals surface area contributed by atoms with Gasteiger partial charge in [-0.3, -0.25) is 0 Å². The van der Waals surface area contributed by atoms with Crippen LogP contribution in [-0.2, 0) is 0 Å². The Balaban J connectivity index is 1.61. The molecule has 2 atom stereocenters. The molecule has 0 aliphatic carbocycles. The fraction of sp³-hybridized carbons (Fsp3) is 0.765. The van der Waals surface area contributed by atoms with Gasteiger partial charge in [0.15, 0.2) is 0 Å². The molecule has 2 bridgehead atoms. The van der Waals surface area contributed by atoms with E-state index in [-0.39, 0.29) is 0 Å². The summed E-state index contributed by atoms with van der Waals surface area (Å²) in [7, 11) is 2.30. The number of fused-ring (bicyclic) bond motifs is 2. The van der Waals surface area contributed by atoms with E-state index in [1.165, 1.54) is 25.7 Å². The second kappa shape index (κ2) is 5.91. The van der Waals surface area contributed by atoms with Gasteiger partial charge < -0.3 is 10.2 Å². The molecule has 4 nitrogen and oxygen atoms in total. The van der Waals surface area contributed by atoms with Gasteiger partial charge in [-0.1, -0.05) is 13.8 Å². The van der Waals surface area contributed by atoms with Crippen molar-refractivity contribution in [3.63, 3.8) is 0 Å². The topological polar surface area (TPSA) is 41.1 Å². The second-order valence-electron chi connectivity index (χ2n) is 7.18. The van der Waals surface area contributed by atoms with Crippen LogP contribution < -0.4 is 5.32 Å². The van der Waals surface area contributed by atoms with Crippen molar-refractivity contribution in [3.8, 4) is 0 Å². The first-order valence-corrected chi connectivity index (χ1v) is 8.34. The summed E-state index contributed by atoms with van der Waals surface area (Å²) in [5, 5.41) is 3.49. The first-order chi connectivity index (χ1) is 10.0. The van der Waals surface area contributed by atoms with Crippen LogP contribution in [0.1, 0.15) is 56.8 Å². The fourth-order valence-electron chi connectivity index (χ4n) is 3.89. The van der Waals surface area contributed by atoms with Crippen LogP contribution in [0.3, 0.4) is 0 Å². The van der Waals surface area contributed by atoms with Crippen molar-refractivity contribution in [1.29, 1.82) is 0 Å². The van der Waals surface area contributed by atoms with E-state index in [0.717, 1.165) is 41.9 Å². The van der Waals surface area contributed by atoms with E-state index >= 15 is 0 Å². The van der Waals surface area contributed by atoms with Crippen LogP contribution in [0.15, 0.2) is 6.07 Å². The van der Waals surface area contributed by atoms with Crippen molar-refractivity contribution >= 4 is 5.95 Å². The Morgan fingerprint density at radius 2 is 1.90 bits per heavy atom. The summed E-state index contributed by atoms with van der Waals surface area (Å²) in [4.78, 5) is 11.8. The summed E-state index contributed by atoms with van der Waals surface area (Å²) < 4.78 is 0. The Labute approximate surface area is 128 Å². The zero-order valence-electron chi connectivity index (χ0n) is 13.8. The molecule has 3 rings (SSSR count). The van der Waals surface area contributed by atoms with E-state index in [0.29, 0.717) is 5.92 Å². The molecule has 0 radical (unpaired) electrons. The Morgan fingerprint density at radius 3 is 2.52 bits per heavy atom. The highest BCUT2D eigenvalue weighted by Crippen LogP contribution is 2.37. The number of rotatable bonds is 4. The number of nitrogens with zero attached hydrogens (tertiary/aromatic N) is 3. The van der Waals surface area contributed by atoms with E-state index in [2.05, 4.69) is 54.1 Å². The predicted octanol–water partition coefficient (Wildman–Crippen LogP) is 3.19. The molecule has 2 aliphatic rings. The SMILES string of the molecule is Cc1cc(C(C)C)nc(NCC2CC3CCC(C2)N3C)n1. The normalized spacial score (nSPS) is 29.1. The largest absolute Gasteiger partial charge is 0.354 e. The minimum atomic E-state index is 0.450. The lowest BCUT2D eigenvalue weighted by atomic mass is 9.91. The van der Waals surface area contributed by atoms with Crippen LogP contribution in [0.25, 0.3) is 0 Å². The van der Waals surface area contributed by atoms with Crippen LogP contribution in [0.4, 0.5) is 5.95 Å². The molecule has 2 unspecified atom stereocenters. The molecule has 1 N–H and O–H groups in total. The van der Waals surface area contributed by atoms with Crippen molar-refractivity contribution in [1.82, 2.24) is 14.9 Å². The molecular weight excluding hydrogens is 260 g/mol. The maximum atomic E-state index is 4.65. The van der Waals surface area contributed by atoms with Gasteiger partial charge in [-0.05, 0) is 57.6 Å². The third-order valence-electron chi connectivity index (χ3n) is 5.21. The van der Waals surface area contributed by atoms with Crippen LogP contribution in [0, 0.1) is 12.8 Å². The number of hydrogen-bond acceptors (Lipinski definition) is 4. The lowest BCUT2D eigenvalue weighted by Crippen LogP contribution is -2.41. The molecule has 2 fully saturated rings. The summed E-state index contributed by atoms with van der Waals surface area (Å²) in [6.07, 6.45) is 5.41. The van der Waals surface area contributed by atoms with Crippen molar-refractivity contribution in [2.45, 2.75) is 64.5 Å². The summed E-state index contributed by atoms with van der Waals surface area (Å²) in [6.45, 7) is 7.43. The Kier molecular flexibility index (Phi) is 4.16. The number of nitrogens with one attached hydrogen (secondary N) is 1. The van der Waals surface area contributed by atoms with Crippen LogP contribution in [0.2, 0.25) is 0 Å². The van der Waals surface area contributed by atoms with Gasteiger partial charge >= 0.3 is 0 Å². The molecule has 1 aromatic rings. The standard InChI is InChI=1S/C17H28N4/c1-11(2)16-7-12(3)19-17(20-16)18-10-13-8-14-5-6-15(9-13)21(14)4/h7,11,13-15H,5-6,8-10H2,1-4H3,(H,18,19,20). The van der Waals surface area contributed by atoms with Crippen LogP contribution in [0.5, 0.6) is 0 Å². The average molecular weight is 288 g/mol. The second-order valence-corrected chi connectivity index (χ2v) is 7.18. The molecular formula is C17H28N4.